The van der Waals surface area contributed by atoms with Crippen molar-refractivity contribution < 1.29 is 76.6 Å². The SMILES string of the molecule is CC[C@H]1OC(=O)[C@H](C)[C@@H](OC(=O)CCN2CCN(c3cc4c(cc3F)c(=O)c(C(=O)O)cn4C3CC3)CC2)[C@H](C)[C@@H](O[C@@H]2O[C@H](C)C[C@H](N(C)C)[C@H]2O)[C@](C)(OC)C[C@@H](C)/C(=N\OC/C=C/c2cncc(C(=O)NC)c2)[C@H](C)[C@H]2OC(=O)O[C@@]21C. The number of pyridine rings is 2. The summed E-state index contributed by atoms with van der Waals surface area (Å²) in [6.45, 7) is 16.1. The van der Waals surface area contributed by atoms with Gasteiger partial charge in [0, 0.05) is 101 Å². The Labute approximate surface area is 495 Å². The third-order valence-electron chi connectivity index (χ3n) is 17.8. The van der Waals surface area contributed by atoms with E-state index in [0.29, 0.717) is 55.0 Å². The largest absolute Gasteiger partial charge is 0.509 e. The first-order valence-electron chi connectivity index (χ1n) is 29.4. The number of carbonyl (C=O) groups is 5. The number of carboxylic acids is 1. The summed E-state index contributed by atoms with van der Waals surface area (Å²) >= 11 is 0. The Morgan fingerprint density at radius 2 is 1.72 bits per heavy atom. The molecule has 4 aliphatic heterocycles. The second-order valence-corrected chi connectivity index (χ2v) is 24.1. The van der Waals surface area contributed by atoms with E-state index in [1.165, 1.54) is 26.6 Å². The van der Waals surface area contributed by atoms with Crippen LogP contribution in [0.5, 0.6) is 0 Å². The molecule has 5 aliphatic rings. The summed E-state index contributed by atoms with van der Waals surface area (Å²) in [6, 6.07) is 4.06. The quantitative estimate of drug-likeness (QED) is 0.0586. The van der Waals surface area contributed by atoms with Crippen molar-refractivity contribution in [1.29, 1.82) is 0 Å². The zero-order chi connectivity index (χ0) is 61.8. The third-order valence-corrected chi connectivity index (χ3v) is 17.8. The van der Waals surface area contributed by atoms with E-state index >= 15 is 4.39 Å². The number of nitrogens with zero attached hydrogens (tertiary/aromatic N) is 6. The van der Waals surface area contributed by atoms with Crippen LogP contribution >= 0.6 is 0 Å². The molecule has 5 fully saturated rings. The standard InChI is InChI=1S/C61H84FN7O16/c1-13-47-61(8)54(84-59(77)85-61)35(4)49(65-79-24-14-15-38-26-39(31-64-30-38)55(73)63-9)33(2)29-60(7,78-12)53(83-58-51(72)46(66(10)11)25-34(3)80-58)36(5)52(37(6)57(76)81-47)82-48(70)18-19-67-20-22-68(23-21-67)45-28-44-41(27-43(45)62)50(71)42(56(74)75)32-69(44)40-16-17-40/h14-15,26-28,30-37,40,46-47,51-54,58,72H,13,16-25,29H2,1-12H3,(H,63,73)(H,74,75)/b15-14+,65-49+/t33-,34-,35+,36+,37-,46+,47-,51-,52+,53-,54-,58+,60-,61-/m1/s1. The predicted octanol–water partition coefficient (Wildman–Crippen LogP) is 6.22. The van der Waals surface area contributed by atoms with Gasteiger partial charge in [0.2, 0.25) is 5.43 Å². The Morgan fingerprint density at radius 1 is 1.00 bits per heavy atom. The minimum Gasteiger partial charge on any atom is -0.477 e. The molecule has 1 aromatic carbocycles. The Balaban J connectivity index is 1.08. The van der Waals surface area contributed by atoms with Gasteiger partial charge < -0.3 is 67.9 Å². The lowest BCUT2D eigenvalue weighted by Crippen LogP contribution is -2.60. The van der Waals surface area contributed by atoms with Crippen molar-refractivity contribution in [3.05, 3.63) is 75.6 Å². The number of methoxy groups -OCH3 is 1. The Morgan fingerprint density at radius 3 is 2.36 bits per heavy atom. The molecule has 23 nitrogen and oxygen atoms in total. The third kappa shape index (κ3) is 14.2. The van der Waals surface area contributed by atoms with Crippen LogP contribution in [0.2, 0.25) is 0 Å². The number of fused-ring (bicyclic) bond motifs is 2. The van der Waals surface area contributed by atoms with Crippen LogP contribution in [-0.2, 0) is 47.6 Å². The van der Waals surface area contributed by atoms with Crippen molar-refractivity contribution in [2.45, 2.75) is 160 Å². The molecule has 1 aliphatic carbocycles. The summed E-state index contributed by atoms with van der Waals surface area (Å²) in [5.41, 5.74) is -1.84. The fourth-order valence-electron chi connectivity index (χ4n) is 12.8. The summed E-state index contributed by atoms with van der Waals surface area (Å²) in [4.78, 5) is 96.1. The molecule has 14 atom stereocenters. The van der Waals surface area contributed by atoms with E-state index in [1.54, 1.807) is 62.7 Å². The first-order chi connectivity index (χ1) is 40.3. The number of likely N-dealkylation sites (N-methyl/N-ethyl adjacent to an activating group) is 1. The molecular formula is C61H84FN7O16. The molecule has 3 N–H and O–H groups in total. The number of nitrogens with one attached hydrogen (secondary N) is 1. The first kappa shape index (κ1) is 64.4. The van der Waals surface area contributed by atoms with Crippen LogP contribution in [0.4, 0.5) is 14.9 Å². The highest BCUT2D eigenvalue weighted by atomic mass is 19.1. The lowest BCUT2D eigenvalue weighted by molar-refractivity contribution is -0.301. The molecule has 0 unspecified atom stereocenters. The van der Waals surface area contributed by atoms with Crippen molar-refractivity contribution >= 4 is 58.3 Å². The highest BCUT2D eigenvalue weighted by Gasteiger charge is 2.59. The van der Waals surface area contributed by atoms with E-state index in [1.807, 2.05) is 56.5 Å². The molecule has 0 spiro atoms. The molecule has 8 rings (SSSR count). The van der Waals surface area contributed by atoms with Gasteiger partial charge in [-0.15, -0.1) is 0 Å². The number of aromatic nitrogens is 2. The number of hydrogen-bond acceptors (Lipinski definition) is 20. The number of oxime groups is 1. The number of cyclic esters (lactones) is 1. The number of amides is 1. The minimum atomic E-state index is -1.55. The number of aromatic carboxylic acids is 1. The van der Waals surface area contributed by atoms with E-state index in [9.17, 15) is 39.0 Å². The number of esters is 2. The molecule has 0 bridgehead atoms. The van der Waals surface area contributed by atoms with Crippen molar-refractivity contribution in [3.8, 4) is 0 Å². The highest BCUT2D eigenvalue weighted by Crippen LogP contribution is 2.44. The number of rotatable bonds is 17. The Kier molecular flexibility index (Phi) is 20.5. The summed E-state index contributed by atoms with van der Waals surface area (Å²) in [5.74, 6) is -7.04. The maximum Gasteiger partial charge on any atom is 0.509 e. The van der Waals surface area contributed by atoms with Crippen LogP contribution in [0.25, 0.3) is 17.0 Å². The minimum absolute atomic E-state index is 0.00616. The molecule has 0 radical (unpaired) electrons. The summed E-state index contributed by atoms with van der Waals surface area (Å²) < 4.78 is 62.4. The van der Waals surface area contributed by atoms with Gasteiger partial charge in [0.1, 0.15) is 36.3 Å². The van der Waals surface area contributed by atoms with Gasteiger partial charge in [0.15, 0.2) is 18.0 Å². The van der Waals surface area contributed by atoms with Crippen molar-refractivity contribution in [3.63, 3.8) is 0 Å². The number of carbonyl (C=O) groups excluding carboxylic acids is 4. The molecule has 85 heavy (non-hydrogen) atoms. The van der Waals surface area contributed by atoms with Crippen LogP contribution in [-0.4, -0.2) is 193 Å². The summed E-state index contributed by atoms with van der Waals surface area (Å²) in [7, 11) is 6.77. The van der Waals surface area contributed by atoms with Crippen LogP contribution in [0.15, 0.2) is 52.8 Å². The molecule has 1 amide bonds. The molecule has 1 saturated carbocycles. The van der Waals surface area contributed by atoms with E-state index in [2.05, 4.69) is 10.3 Å². The monoisotopic (exact) mass is 1190 g/mol. The average molecular weight is 1190 g/mol. The maximum atomic E-state index is 15.9. The molecule has 6 heterocycles. The lowest BCUT2D eigenvalue weighted by Gasteiger charge is -2.48. The molecular weight excluding hydrogens is 1110 g/mol. The fourth-order valence-corrected chi connectivity index (χ4v) is 12.8. The highest BCUT2D eigenvalue weighted by molar-refractivity contribution is 5.95. The number of carboxylic acid groups (broad SMARTS) is 1. The van der Waals surface area contributed by atoms with Crippen LogP contribution in [0.3, 0.4) is 0 Å². The van der Waals surface area contributed by atoms with Crippen molar-refractivity contribution in [1.82, 2.24) is 24.7 Å². The smallest absolute Gasteiger partial charge is 0.477 e. The van der Waals surface area contributed by atoms with Gasteiger partial charge in [-0.2, -0.15) is 0 Å². The molecule has 24 heteroatoms. The van der Waals surface area contributed by atoms with Crippen molar-refractivity contribution in [2.75, 3.05) is 72.5 Å². The van der Waals surface area contributed by atoms with Crippen LogP contribution in [0.1, 0.15) is 126 Å². The Bertz CT molecular complexity index is 3060. The van der Waals surface area contributed by atoms with Gasteiger partial charge in [-0.1, -0.05) is 38.9 Å². The van der Waals surface area contributed by atoms with Gasteiger partial charge in [-0.05, 0) is 104 Å². The Hall–Kier alpha value is -6.57. The van der Waals surface area contributed by atoms with Crippen LogP contribution in [0, 0.1) is 29.5 Å². The molecule has 4 saturated heterocycles. The van der Waals surface area contributed by atoms with Gasteiger partial charge in [0.25, 0.3) is 5.91 Å². The molecule has 3 aromatic rings. The number of halogens is 1. The van der Waals surface area contributed by atoms with E-state index < -0.39 is 113 Å². The number of aliphatic hydroxyl groups is 1. The van der Waals surface area contributed by atoms with E-state index in [0.717, 1.165) is 18.9 Å². The average Bonchev–Trinajstić information content (AvgIpc) is 2.00. The summed E-state index contributed by atoms with van der Waals surface area (Å²) in [5, 5.41) is 29.0. The topological polar surface area (TPSA) is 269 Å². The lowest BCUT2D eigenvalue weighted by atomic mass is 9.73. The number of hydrogen-bond donors (Lipinski definition) is 3. The number of aliphatic hydroxyl groups excluding tert-OH is 1. The zero-order valence-corrected chi connectivity index (χ0v) is 50.8. The van der Waals surface area contributed by atoms with Gasteiger partial charge in [-0.3, -0.25) is 29.1 Å². The predicted molar refractivity (Wildman–Crippen MR) is 311 cm³/mol. The van der Waals surface area contributed by atoms with Crippen LogP contribution < -0.4 is 15.6 Å². The number of ether oxygens (including phenoxy) is 7. The first-order valence-corrected chi connectivity index (χ1v) is 29.4. The molecule has 2 aromatic heterocycles. The van der Waals surface area contributed by atoms with Crippen molar-refractivity contribution in [2.24, 2.45) is 28.8 Å². The summed E-state index contributed by atoms with van der Waals surface area (Å²) in [6.07, 6.45) is 2.02. The number of piperazine rings is 1. The van der Waals surface area contributed by atoms with Gasteiger partial charge >= 0.3 is 24.1 Å². The number of anilines is 1. The van der Waals surface area contributed by atoms with Gasteiger partial charge in [0.05, 0.1) is 52.6 Å². The second-order valence-electron chi connectivity index (χ2n) is 24.1. The maximum absolute atomic E-state index is 15.9. The fraction of sp³-hybridized carbons (Fsp3) is 0.639. The second kappa shape index (κ2) is 27.0. The van der Waals surface area contributed by atoms with E-state index in [-0.39, 0.29) is 67.6 Å². The van der Waals surface area contributed by atoms with Gasteiger partial charge in [-0.25, -0.2) is 14.0 Å². The normalized spacial score (nSPS) is 32.1. The molecule has 466 valence electrons. The zero-order valence-electron chi connectivity index (χ0n) is 50.8. The van der Waals surface area contributed by atoms with E-state index in [4.69, 9.17) is 43.2 Å². The number of benzene rings is 1.